The zero-order valence-electron chi connectivity index (χ0n) is 10.7. The number of nitrogens with one attached hydrogen (secondary N) is 1. The highest BCUT2D eigenvalue weighted by Crippen LogP contribution is 2.39. The van der Waals surface area contributed by atoms with Crippen LogP contribution in [-0.2, 0) is 4.74 Å². The largest absolute Gasteiger partial charge is 0.462 e. The summed E-state index contributed by atoms with van der Waals surface area (Å²) in [5, 5.41) is 4.10. The van der Waals surface area contributed by atoms with Gasteiger partial charge in [0.1, 0.15) is 10.6 Å². The standard InChI is InChI=1S/C12H19N3O2S/c1-3-5-7-6-8(7)14-11-9(10(13)15-18-11)12(16)17-4-2/h7-8,14H,3-6H2,1-2H3,(H2,13,15). The number of ether oxygens (including phenoxy) is 1. The Morgan fingerprint density at radius 3 is 3.06 bits per heavy atom. The first-order valence-corrected chi connectivity index (χ1v) is 7.13. The van der Waals surface area contributed by atoms with Crippen LogP contribution >= 0.6 is 11.5 Å². The lowest BCUT2D eigenvalue weighted by atomic mass is 10.2. The van der Waals surface area contributed by atoms with Gasteiger partial charge >= 0.3 is 5.97 Å². The van der Waals surface area contributed by atoms with E-state index in [1.807, 2.05) is 0 Å². The van der Waals surface area contributed by atoms with Gasteiger partial charge < -0.3 is 15.8 Å². The van der Waals surface area contributed by atoms with Crippen molar-refractivity contribution in [2.75, 3.05) is 17.7 Å². The first kappa shape index (κ1) is 13.1. The minimum Gasteiger partial charge on any atom is -0.462 e. The van der Waals surface area contributed by atoms with Crippen molar-refractivity contribution in [2.24, 2.45) is 5.92 Å². The minimum atomic E-state index is -0.390. The molecule has 1 aliphatic carbocycles. The van der Waals surface area contributed by atoms with Gasteiger partial charge in [0.2, 0.25) is 0 Å². The Morgan fingerprint density at radius 2 is 2.39 bits per heavy atom. The van der Waals surface area contributed by atoms with Crippen molar-refractivity contribution in [1.82, 2.24) is 4.37 Å². The van der Waals surface area contributed by atoms with Gasteiger partial charge in [-0.25, -0.2) is 4.79 Å². The Bertz CT molecular complexity index is 433. The van der Waals surface area contributed by atoms with Gasteiger partial charge in [-0.2, -0.15) is 4.37 Å². The lowest BCUT2D eigenvalue weighted by Gasteiger charge is -2.06. The molecule has 0 bridgehead atoms. The highest BCUT2D eigenvalue weighted by Gasteiger charge is 2.37. The monoisotopic (exact) mass is 269 g/mol. The van der Waals surface area contributed by atoms with E-state index in [9.17, 15) is 4.79 Å². The van der Waals surface area contributed by atoms with Crippen LogP contribution in [0.15, 0.2) is 0 Å². The molecule has 1 heterocycles. The average Bonchev–Trinajstić information content (AvgIpc) is 2.94. The molecule has 1 aromatic heterocycles. The van der Waals surface area contributed by atoms with Crippen LogP contribution in [-0.4, -0.2) is 23.0 Å². The molecule has 100 valence electrons. The SMILES string of the molecule is CCCC1CC1Nc1snc(N)c1C(=O)OCC. The molecule has 5 nitrogen and oxygen atoms in total. The van der Waals surface area contributed by atoms with E-state index in [0.29, 0.717) is 24.1 Å². The van der Waals surface area contributed by atoms with Gasteiger partial charge in [-0.15, -0.1) is 0 Å². The molecule has 0 amide bonds. The second-order valence-electron chi connectivity index (χ2n) is 4.53. The number of hydrogen-bond donors (Lipinski definition) is 2. The number of nitrogens with zero attached hydrogens (tertiary/aromatic N) is 1. The molecule has 1 fully saturated rings. The van der Waals surface area contributed by atoms with Crippen molar-refractivity contribution in [1.29, 1.82) is 0 Å². The number of anilines is 2. The van der Waals surface area contributed by atoms with Crippen LogP contribution in [0.1, 0.15) is 43.5 Å². The van der Waals surface area contributed by atoms with Crippen molar-refractivity contribution >= 4 is 28.3 Å². The molecule has 0 aliphatic heterocycles. The molecule has 0 aromatic carbocycles. The molecule has 6 heteroatoms. The second-order valence-corrected chi connectivity index (χ2v) is 5.30. The Labute approximate surface area is 111 Å². The molecule has 2 atom stereocenters. The molecular weight excluding hydrogens is 250 g/mol. The number of nitrogen functional groups attached to an aromatic ring is 1. The molecular formula is C12H19N3O2S. The number of carbonyl (C=O) groups excluding carboxylic acids is 1. The molecule has 2 unspecified atom stereocenters. The maximum Gasteiger partial charge on any atom is 0.344 e. The van der Waals surface area contributed by atoms with E-state index in [-0.39, 0.29) is 11.8 Å². The van der Waals surface area contributed by atoms with Gasteiger partial charge in [-0.1, -0.05) is 13.3 Å². The molecule has 1 aromatic rings. The van der Waals surface area contributed by atoms with Gasteiger partial charge in [0.15, 0.2) is 5.82 Å². The quantitative estimate of drug-likeness (QED) is 0.776. The van der Waals surface area contributed by atoms with Crippen molar-refractivity contribution in [3.8, 4) is 0 Å². The molecule has 0 radical (unpaired) electrons. The number of hydrogen-bond acceptors (Lipinski definition) is 6. The van der Waals surface area contributed by atoms with Gasteiger partial charge in [0, 0.05) is 6.04 Å². The molecule has 1 aliphatic rings. The van der Waals surface area contributed by atoms with E-state index in [1.54, 1.807) is 6.92 Å². The van der Waals surface area contributed by atoms with Crippen LogP contribution in [0.2, 0.25) is 0 Å². The smallest absolute Gasteiger partial charge is 0.344 e. The lowest BCUT2D eigenvalue weighted by molar-refractivity contribution is 0.0529. The fourth-order valence-electron chi connectivity index (χ4n) is 2.08. The van der Waals surface area contributed by atoms with Crippen LogP contribution in [0.25, 0.3) is 0 Å². The van der Waals surface area contributed by atoms with E-state index in [0.717, 1.165) is 11.4 Å². The van der Waals surface area contributed by atoms with Crippen molar-refractivity contribution < 1.29 is 9.53 Å². The molecule has 0 spiro atoms. The highest BCUT2D eigenvalue weighted by molar-refractivity contribution is 7.11. The Kier molecular flexibility index (Phi) is 4.06. The minimum absolute atomic E-state index is 0.258. The van der Waals surface area contributed by atoms with E-state index in [1.165, 1.54) is 24.4 Å². The molecule has 2 rings (SSSR count). The van der Waals surface area contributed by atoms with Crippen molar-refractivity contribution in [3.63, 3.8) is 0 Å². The van der Waals surface area contributed by atoms with Gasteiger partial charge in [0.05, 0.1) is 6.61 Å². The van der Waals surface area contributed by atoms with E-state index in [2.05, 4.69) is 16.6 Å². The lowest BCUT2D eigenvalue weighted by Crippen LogP contribution is -2.11. The summed E-state index contributed by atoms with van der Waals surface area (Å²) in [6, 6.07) is 0.456. The number of aromatic nitrogens is 1. The number of rotatable bonds is 6. The Morgan fingerprint density at radius 1 is 1.61 bits per heavy atom. The number of esters is 1. The zero-order chi connectivity index (χ0) is 13.1. The predicted octanol–water partition coefficient (Wildman–Crippen LogP) is 2.50. The summed E-state index contributed by atoms with van der Waals surface area (Å²) in [5.41, 5.74) is 6.11. The second kappa shape index (κ2) is 5.56. The number of carbonyl (C=O) groups is 1. The summed E-state index contributed by atoms with van der Waals surface area (Å²) in [4.78, 5) is 11.8. The molecule has 3 N–H and O–H groups in total. The third-order valence-electron chi connectivity index (χ3n) is 3.10. The first-order chi connectivity index (χ1) is 8.67. The highest BCUT2D eigenvalue weighted by atomic mass is 32.1. The Hall–Kier alpha value is -1.30. The summed E-state index contributed by atoms with van der Waals surface area (Å²) >= 11 is 1.23. The summed E-state index contributed by atoms with van der Waals surface area (Å²) in [7, 11) is 0. The summed E-state index contributed by atoms with van der Waals surface area (Å²) in [6.07, 6.45) is 3.58. The maximum absolute atomic E-state index is 11.8. The van der Waals surface area contributed by atoms with E-state index in [4.69, 9.17) is 10.5 Å². The van der Waals surface area contributed by atoms with Crippen LogP contribution in [0.4, 0.5) is 10.8 Å². The molecule has 1 saturated carbocycles. The zero-order valence-corrected chi connectivity index (χ0v) is 11.5. The summed E-state index contributed by atoms with van der Waals surface area (Å²) in [6.45, 7) is 4.30. The molecule has 0 saturated heterocycles. The fraction of sp³-hybridized carbons (Fsp3) is 0.667. The van der Waals surface area contributed by atoms with Crippen LogP contribution in [0, 0.1) is 5.92 Å². The van der Waals surface area contributed by atoms with Crippen LogP contribution in [0.5, 0.6) is 0 Å². The first-order valence-electron chi connectivity index (χ1n) is 6.36. The van der Waals surface area contributed by atoms with Gasteiger partial charge in [-0.3, -0.25) is 0 Å². The van der Waals surface area contributed by atoms with Gasteiger partial charge in [0.25, 0.3) is 0 Å². The molecule has 18 heavy (non-hydrogen) atoms. The van der Waals surface area contributed by atoms with E-state index < -0.39 is 0 Å². The summed E-state index contributed by atoms with van der Waals surface area (Å²) in [5.74, 6) is 0.584. The predicted molar refractivity (Wildman–Crippen MR) is 72.9 cm³/mol. The van der Waals surface area contributed by atoms with Crippen LogP contribution in [0.3, 0.4) is 0 Å². The average molecular weight is 269 g/mol. The van der Waals surface area contributed by atoms with Crippen LogP contribution < -0.4 is 11.1 Å². The summed E-state index contributed by atoms with van der Waals surface area (Å²) < 4.78 is 9.02. The third-order valence-corrected chi connectivity index (χ3v) is 3.89. The number of nitrogens with two attached hydrogens (primary N) is 1. The topological polar surface area (TPSA) is 77.2 Å². The Balaban J connectivity index is 2.03. The van der Waals surface area contributed by atoms with Crippen molar-refractivity contribution in [3.05, 3.63) is 5.56 Å². The van der Waals surface area contributed by atoms with Gasteiger partial charge in [-0.05, 0) is 37.2 Å². The normalized spacial score (nSPS) is 21.7. The maximum atomic E-state index is 11.8. The van der Waals surface area contributed by atoms with Crippen molar-refractivity contribution in [2.45, 2.75) is 39.2 Å². The van der Waals surface area contributed by atoms with E-state index >= 15 is 0 Å². The third kappa shape index (κ3) is 2.75. The fourth-order valence-corrected chi connectivity index (χ4v) is 2.85.